The van der Waals surface area contributed by atoms with Crippen LogP contribution in [0.5, 0.6) is 0 Å². The van der Waals surface area contributed by atoms with Crippen molar-refractivity contribution in [3.63, 3.8) is 0 Å². The highest BCUT2D eigenvalue weighted by Crippen LogP contribution is 2.30. The molecule has 0 unspecified atom stereocenters. The summed E-state index contributed by atoms with van der Waals surface area (Å²) < 4.78 is 37.4. The molecule has 23 heavy (non-hydrogen) atoms. The molecular weight excluding hydrogens is 311 g/mol. The van der Waals surface area contributed by atoms with Crippen LogP contribution in [0.1, 0.15) is 31.2 Å². The van der Waals surface area contributed by atoms with E-state index in [1.165, 1.54) is 12.1 Å². The largest absolute Gasteiger partial charge is 0.416 e. The molecular formula is C15H18F3N3O2. The third-order valence-corrected chi connectivity index (χ3v) is 3.92. The average Bonchev–Trinajstić information content (AvgIpc) is 2.47. The van der Waals surface area contributed by atoms with Gasteiger partial charge in [-0.05, 0) is 37.1 Å². The maximum absolute atomic E-state index is 12.5. The van der Waals surface area contributed by atoms with Crippen molar-refractivity contribution < 1.29 is 22.8 Å². The van der Waals surface area contributed by atoms with Crippen molar-refractivity contribution in [1.29, 1.82) is 0 Å². The van der Waals surface area contributed by atoms with E-state index in [1.807, 2.05) is 0 Å². The van der Waals surface area contributed by atoms with E-state index >= 15 is 0 Å². The molecule has 1 aromatic carbocycles. The third kappa shape index (κ3) is 4.61. The highest BCUT2D eigenvalue weighted by Gasteiger charge is 2.31. The maximum Gasteiger partial charge on any atom is 0.416 e. The Labute approximate surface area is 131 Å². The molecule has 1 fully saturated rings. The molecule has 0 aliphatic heterocycles. The molecule has 1 aliphatic carbocycles. The molecule has 1 aromatic rings. The number of hydrogen-bond donors (Lipinski definition) is 3. The van der Waals surface area contributed by atoms with Gasteiger partial charge in [-0.25, -0.2) is 4.79 Å². The number of rotatable bonds is 3. The van der Waals surface area contributed by atoms with E-state index in [2.05, 4.69) is 10.6 Å². The Kier molecular flexibility index (Phi) is 5.12. The third-order valence-electron chi connectivity index (χ3n) is 3.92. The van der Waals surface area contributed by atoms with Crippen molar-refractivity contribution >= 4 is 17.6 Å². The molecule has 0 aromatic heterocycles. The van der Waals surface area contributed by atoms with Crippen molar-refractivity contribution in [2.24, 2.45) is 11.7 Å². The summed E-state index contributed by atoms with van der Waals surface area (Å²) in [7, 11) is 0. The monoisotopic (exact) mass is 329 g/mol. The van der Waals surface area contributed by atoms with Gasteiger partial charge in [0.1, 0.15) is 0 Å². The number of carbonyl (C=O) groups is 2. The predicted octanol–water partition coefficient (Wildman–Crippen LogP) is 2.87. The molecule has 3 amide bonds. The van der Waals surface area contributed by atoms with Gasteiger partial charge < -0.3 is 16.4 Å². The van der Waals surface area contributed by atoms with Crippen LogP contribution in [-0.2, 0) is 11.0 Å². The van der Waals surface area contributed by atoms with Gasteiger partial charge in [0.15, 0.2) is 0 Å². The van der Waals surface area contributed by atoms with Crippen LogP contribution in [0.15, 0.2) is 24.3 Å². The van der Waals surface area contributed by atoms with E-state index in [0.29, 0.717) is 12.8 Å². The van der Waals surface area contributed by atoms with Crippen LogP contribution in [0.3, 0.4) is 0 Å². The normalized spacial score (nSPS) is 21.5. The van der Waals surface area contributed by atoms with Crippen molar-refractivity contribution in [2.75, 3.05) is 5.32 Å². The van der Waals surface area contributed by atoms with Gasteiger partial charge in [-0.2, -0.15) is 13.2 Å². The van der Waals surface area contributed by atoms with E-state index in [0.717, 1.165) is 25.0 Å². The van der Waals surface area contributed by atoms with E-state index in [4.69, 9.17) is 5.73 Å². The number of urea groups is 1. The zero-order chi connectivity index (χ0) is 17.0. The van der Waals surface area contributed by atoms with Crippen LogP contribution in [0, 0.1) is 5.92 Å². The smallest absolute Gasteiger partial charge is 0.369 e. The highest BCUT2D eigenvalue weighted by molar-refractivity contribution is 5.90. The summed E-state index contributed by atoms with van der Waals surface area (Å²) in [4.78, 5) is 23.3. The Bertz CT molecular complexity index is 572. The Balaban J connectivity index is 1.95. The topological polar surface area (TPSA) is 84.2 Å². The van der Waals surface area contributed by atoms with Gasteiger partial charge in [0, 0.05) is 11.7 Å². The number of benzene rings is 1. The SMILES string of the molecule is NC(=O)[C@@H]1CCCC[C@H]1NC(=O)Nc1ccc(C(F)(F)F)cc1. The Morgan fingerprint density at radius 1 is 1.09 bits per heavy atom. The van der Waals surface area contributed by atoms with Crippen LogP contribution in [0.25, 0.3) is 0 Å². The number of halogens is 3. The number of nitrogens with one attached hydrogen (secondary N) is 2. The molecule has 0 radical (unpaired) electrons. The lowest BCUT2D eigenvalue weighted by Crippen LogP contribution is -2.48. The Morgan fingerprint density at radius 2 is 1.70 bits per heavy atom. The second-order valence-electron chi connectivity index (χ2n) is 5.57. The quantitative estimate of drug-likeness (QED) is 0.796. The fourth-order valence-electron chi connectivity index (χ4n) is 2.72. The van der Waals surface area contributed by atoms with E-state index in [-0.39, 0.29) is 11.7 Å². The minimum absolute atomic E-state index is 0.238. The lowest BCUT2D eigenvalue weighted by molar-refractivity contribution is -0.137. The van der Waals surface area contributed by atoms with E-state index in [1.54, 1.807) is 0 Å². The number of primary amides is 1. The zero-order valence-electron chi connectivity index (χ0n) is 12.3. The lowest BCUT2D eigenvalue weighted by atomic mass is 9.84. The van der Waals surface area contributed by atoms with Crippen molar-refractivity contribution in [3.05, 3.63) is 29.8 Å². The van der Waals surface area contributed by atoms with Gasteiger partial charge in [-0.1, -0.05) is 12.8 Å². The summed E-state index contributed by atoms with van der Waals surface area (Å²) in [5.74, 6) is -0.869. The van der Waals surface area contributed by atoms with Crippen molar-refractivity contribution in [2.45, 2.75) is 37.9 Å². The minimum Gasteiger partial charge on any atom is -0.369 e. The van der Waals surface area contributed by atoms with Crippen LogP contribution >= 0.6 is 0 Å². The molecule has 0 heterocycles. The lowest BCUT2D eigenvalue weighted by Gasteiger charge is -2.29. The molecule has 5 nitrogen and oxygen atoms in total. The second-order valence-corrected chi connectivity index (χ2v) is 5.57. The minimum atomic E-state index is -4.42. The first-order valence-corrected chi connectivity index (χ1v) is 7.31. The van der Waals surface area contributed by atoms with Gasteiger partial charge in [0.05, 0.1) is 11.5 Å². The molecule has 4 N–H and O–H groups in total. The highest BCUT2D eigenvalue weighted by atomic mass is 19.4. The number of hydrogen-bond acceptors (Lipinski definition) is 2. The molecule has 8 heteroatoms. The van der Waals surface area contributed by atoms with Crippen molar-refractivity contribution in [1.82, 2.24) is 5.32 Å². The summed E-state index contributed by atoms with van der Waals surface area (Å²) in [6, 6.07) is 3.22. The van der Waals surface area contributed by atoms with E-state index < -0.39 is 29.6 Å². The molecule has 0 spiro atoms. The average molecular weight is 329 g/mol. The number of nitrogens with two attached hydrogens (primary N) is 1. The summed E-state index contributed by atoms with van der Waals surface area (Å²) >= 11 is 0. The fraction of sp³-hybridized carbons (Fsp3) is 0.467. The van der Waals surface area contributed by atoms with Crippen LogP contribution in [0.2, 0.25) is 0 Å². The fourth-order valence-corrected chi connectivity index (χ4v) is 2.72. The van der Waals surface area contributed by atoms with Gasteiger partial charge in [0.25, 0.3) is 0 Å². The maximum atomic E-state index is 12.5. The zero-order valence-corrected chi connectivity index (χ0v) is 12.3. The summed E-state index contributed by atoms with van der Waals surface area (Å²) in [5.41, 5.74) is 4.78. The van der Waals surface area contributed by atoms with Crippen LogP contribution in [0.4, 0.5) is 23.7 Å². The first-order chi connectivity index (χ1) is 10.8. The van der Waals surface area contributed by atoms with Crippen LogP contribution in [-0.4, -0.2) is 18.0 Å². The summed E-state index contributed by atoms with van der Waals surface area (Å²) in [6.07, 6.45) is -1.38. The first-order valence-electron chi connectivity index (χ1n) is 7.31. The van der Waals surface area contributed by atoms with Gasteiger partial charge in [-0.3, -0.25) is 4.79 Å². The Morgan fingerprint density at radius 3 is 2.26 bits per heavy atom. The molecule has 126 valence electrons. The van der Waals surface area contributed by atoms with Gasteiger partial charge in [0.2, 0.25) is 5.91 Å². The second kappa shape index (κ2) is 6.89. The summed E-state index contributed by atoms with van der Waals surface area (Å²) in [5, 5.41) is 5.13. The number of amides is 3. The standard InChI is InChI=1S/C15H18F3N3O2/c16-15(17,18)9-5-7-10(8-6-9)20-14(23)21-12-4-2-1-3-11(12)13(19)22/h5-8,11-12H,1-4H2,(H2,19,22)(H2,20,21,23)/t11-,12-/m1/s1. The first kappa shape index (κ1) is 17.1. The molecule has 0 saturated heterocycles. The molecule has 2 rings (SSSR count). The molecule has 2 atom stereocenters. The van der Waals surface area contributed by atoms with Crippen LogP contribution < -0.4 is 16.4 Å². The Hall–Kier alpha value is -2.25. The summed E-state index contributed by atoms with van der Waals surface area (Å²) in [6.45, 7) is 0. The van der Waals surface area contributed by atoms with Crippen molar-refractivity contribution in [3.8, 4) is 0 Å². The van der Waals surface area contributed by atoms with Gasteiger partial charge in [-0.15, -0.1) is 0 Å². The molecule has 1 aliphatic rings. The number of carbonyl (C=O) groups excluding carboxylic acids is 2. The number of anilines is 1. The molecule has 0 bridgehead atoms. The number of alkyl halides is 3. The van der Waals surface area contributed by atoms with E-state index in [9.17, 15) is 22.8 Å². The molecule has 1 saturated carbocycles. The predicted molar refractivity (Wildman–Crippen MR) is 78.5 cm³/mol. The van der Waals surface area contributed by atoms with Gasteiger partial charge >= 0.3 is 12.2 Å².